The lowest BCUT2D eigenvalue weighted by molar-refractivity contribution is -0.485. The maximum atomic E-state index is 10.6. The van der Waals surface area contributed by atoms with Crippen LogP contribution < -0.4 is 11.1 Å². The van der Waals surface area contributed by atoms with Gasteiger partial charge in [-0.2, -0.15) is 0 Å². The summed E-state index contributed by atoms with van der Waals surface area (Å²) in [5.74, 6) is -1.35. The Kier molecular flexibility index (Phi) is 6.17. The van der Waals surface area contributed by atoms with Crippen LogP contribution in [0.3, 0.4) is 0 Å². The molecular formula is C7H12N4O5. The number of hydrogen-bond acceptors (Lipinski definition) is 4. The first-order valence-corrected chi connectivity index (χ1v) is 4.37. The summed E-state index contributed by atoms with van der Waals surface area (Å²) in [6.45, 7) is 0. The number of carbonyl (C=O) groups is 2. The molecule has 16 heavy (non-hydrogen) atoms. The van der Waals surface area contributed by atoms with Crippen molar-refractivity contribution in [3.8, 4) is 0 Å². The number of carboxylic acids is 1. The quantitative estimate of drug-likeness (QED) is 0.159. The maximum absolute atomic E-state index is 10.6. The minimum atomic E-state index is -1.17. The summed E-state index contributed by atoms with van der Waals surface area (Å²) >= 11 is 0. The highest BCUT2D eigenvalue weighted by Crippen LogP contribution is 2.01. The van der Waals surface area contributed by atoms with Gasteiger partial charge in [0.15, 0.2) is 10.9 Å². The number of rotatable bonds is 8. The molecule has 4 N–H and O–H groups in total. The molecule has 0 bridgehead atoms. The van der Waals surface area contributed by atoms with Crippen LogP contribution in [0.1, 0.15) is 19.3 Å². The van der Waals surface area contributed by atoms with Crippen molar-refractivity contribution in [2.24, 2.45) is 10.8 Å². The van der Waals surface area contributed by atoms with Gasteiger partial charge in [0.1, 0.15) is 6.04 Å². The van der Waals surface area contributed by atoms with Gasteiger partial charge in [-0.15, -0.1) is 0 Å². The van der Waals surface area contributed by atoms with Gasteiger partial charge in [-0.1, -0.05) is 0 Å². The topological polar surface area (TPSA) is 148 Å². The van der Waals surface area contributed by atoms with Gasteiger partial charge in [0, 0.05) is 6.42 Å². The van der Waals surface area contributed by atoms with Crippen molar-refractivity contribution in [2.75, 3.05) is 0 Å². The first-order chi connectivity index (χ1) is 7.47. The highest BCUT2D eigenvalue weighted by atomic mass is 16.7. The molecule has 0 rings (SSSR count). The second-order valence-corrected chi connectivity index (χ2v) is 2.90. The van der Waals surface area contributed by atoms with Crippen molar-refractivity contribution < 1.29 is 19.7 Å². The second-order valence-electron chi connectivity index (χ2n) is 2.90. The Morgan fingerprint density at radius 3 is 2.75 bits per heavy atom. The van der Waals surface area contributed by atoms with Gasteiger partial charge in [-0.05, 0) is 12.8 Å². The van der Waals surface area contributed by atoms with E-state index in [9.17, 15) is 19.7 Å². The van der Waals surface area contributed by atoms with E-state index in [0.717, 1.165) is 0 Å². The van der Waals surface area contributed by atoms with Crippen molar-refractivity contribution in [3.63, 3.8) is 0 Å². The Balaban J connectivity index is 3.99. The number of hydrogen-bond donors (Lipinski definition) is 3. The smallest absolute Gasteiger partial charge is 0.326 e. The highest BCUT2D eigenvalue weighted by molar-refractivity contribution is 5.80. The second kappa shape index (κ2) is 7.15. The summed E-state index contributed by atoms with van der Waals surface area (Å²) in [6, 6.07) is -1.01. The van der Waals surface area contributed by atoms with Gasteiger partial charge in [0.2, 0.25) is 6.41 Å². The molecule has 0 spiro atoms. The van der Waals surface area contributed by atoms with Crippen molar-refractivity contribution in [1.82, 2.24) is 5.32 Å². The van der Waals surface area contributed by atoms with E-state index in [-0.39, 0.29) is 31.5 Å². The largest absolute Gasteiger partial charge is 0.480 e. The predicted octanol–water partition coefficient (Wildman–Crippen LogP) is -1.10. The Morgan fingerprint density at radius 2 is 2.31 bits per heavy atom. The van der Waals surface area contributed by atoms with Crippen LogP contribution in [0.5, 0.6) is 0 Å². The van der Waals surface area contributed by atoms with Crippen LogP contribution in [-0.2, 0) is 9.59 Å². The van der Waals surface area contributed by atoms with E-state index in [1.165, 1.54) is 0 Å². The molecule has 0 aliphatic heterocycles. The summed E-state index contributed by atoms with van der Waals surface area (Å²) in [6.07, 6.45) is 0.793. The van der Waals surface area contributed by atoms with E-state index in [1.807, 2.05) is 0 Å². The molecule has 9 heteroatoms. The van der Waals surface area contributed by atoms with Crippen molar-refractivity contribution >= 4 is 18.2 Å². The summed E-state index contributed by atoms with van der Waals surface area (Å²) < 4.78 is 0. The number of amidine groups is 1. The van der Waals surface area contributed by atoms with E-state index in [1.54, 1.807) is 0 Å². The molecule has 0 saturated heterocycles. The third kappa shape index (κ3) is 6.29. The lowest BCUT2D eigenvalue weighted by atomic mass is 10.1. The van der Waals surface area contributed by atoms with Crippen LogP contribution >= 0.6 is 0 Å². The lowest BCUT2D eigenvalue weighted by Gasteiger charge is -2.09. The van der Waals surface area contributed by atoms with Gasteiger partial charge in [-0.3, -0.25) is 4.79 Å². The van der Waals surface area contributed by atoms with Gasteiger partial charge in [0.05, 0.1) is 5.10 Å². The van der Waals surface area contributed by atoms with Gasteiger partial charge in [0.25, 0.3) is 0 Å². The number of nitrogens with one attached hydrogen (secondary N) is 1. The van der Waals surface area contributed by atoms with E-state index in [2.05, 4.69) is 10.4 Å². The lowest BCUT2D eigenvalue weighted by Crippen LogP contribution is -2.35. The van der Waals surface area contributed by atoms with Crippen LogP contribution in [0.15, 0.2) is 5.10 Å². The highest BCUT2D eigenvalue weighted by Gasteiger charge is 2.15. The Bertz CT molecular complexity index is 303. The molecule has 0 radical (unpaired) electrons. The molecule has 90 valence electrons. The minimum Gasteiger partial charge on any atom is -0.480 e. The van der Waals surface area contributed by atoms with Crippen LogP contribution in [-0.4, -0.2) is 34.4 Å². The fourth-order valence-corrected chi connectivity index (χ4v) is 1.00. The first-order valence-electron chi connectivity index (χ1n) is 4.37. The van der Waals surface area contributed by atoms with E-state index in [0.29, 0.717) is 0 Å². The van der Waals surface area contributed by atoms with E-state index >= 15 is 0 Å². The number of amides is 1. The molecule has 0 aromatic rings. The zero-order chi connectivity index (χ0) is 12.6. The van der Waals surface area contributed by atoms with E-state index in [4.69, 9.17) is 10.8 Å². The Labute approximate surface area is 90.5 Å². The molecule has 1 amide bonds. The van der Waals surface area contributed by atoms with Crippen LogP contribution in [0.4, 0.5) is 0 Å². The monoisotopic (exact) mass is 232 g/mol. The fraction of sp³-hybridized carbons (Fsp3) is 0.571. The van der Waals surface area contributed by atoms with E-state index < -0.39 is 17.0 Å². The first kappa shape index (κ1) is 13.8. The number of nitrogens with zero attached hydrogens (tertiary/aromatic N) is 2. The van der Waals surface area contributed by atoms with Crippen LogP contribution in [0.25, 0.3) is 0 Å². The maximum Gasteiger partial charge on any atom is 0.326 e. The number of nitrogens with two attached hydrogens (primary N) is 1. The van der Waals surface area contributed by atoms with Gasteiger partial charge < -0.3 is 16.2 Å². The Hall–Kier alpha value is -2.19. The fourth-order valence-electron chi connectivity index (χ4n) is 1.00. The van der Waals surface area contributed by atoms with Crippen LogP contribution in [0.2, 0.25) is 0 Å². The van der Waals surface area contributed by atoms with Crippen molar-refractivity contribution in [1.29, 1.82) is 0 Å². The normalized spacial score (nSPS) is 12.9. The molecule has 0 fully saturated rings. The predicted molar refractivity (Wildman–Crippen MR) is 53.1 cm³/mol. The van der Waals surface area contributed by atoms with Crippen molar-refractivity contribution in [2.45, 2.75) is 25.3 Å². The molecule has 0 aliphatic rings. The number of carbonyl (C=O) groups excluding carboxylic acids is 1. The molecule has 0 aromatic heterocycles. The zero-order valence-electron chi connectivity index (χ0n) is 8.33. The number of hydrazone groups is 1. The molecule has 0 heterocycles. The van der Waals surface area contributed by atoms with Crippen molar-refractivity contribution in [3.05, 3.63) is 10.1 Å². The molecule has 1 unspecified atom stereocenters. The number of aliphatic carboxylic acids is 1. The number of nitro groups is 1. The minimum absolute atomic E-state index is 0.102. The third-order valence-corrected chi connectivity index (χ3v) is 1.70. The average Bonchev–Trinajstić information content (AvgIpc) is 2.15. The molecule has 9 nitrogen and oxygen atoms in total. The molecule has 0 aromatic carbocycles. The number of carboxylic acid groups (broad SMARTS) is 1. The summed E-state index contributed by atoms with van der Waals surface area (Å²) in [4.78, 5) is 30.5. The molecule has 0 aliphatic carbocycles. The SMILES string of the molecule is NC(CCCC(NC=O)C(=O)O)=N[N+](=O)[O-]. The molecular weight excluding hydrogens is 220 g/mol. The summed E-state index contributed by atoms with van der Waals surface area (Å²) in [5.41, 5.74) is 5.18. The zero-order valence-corrected chi connectivity index (χ0v) is 8.33. The van der Waals surface area contributed by atoms with Gasteiger partial charge >= 0.3 is 5.97 Å². The molecule has 1 atom stereocenters. The Morgan fingerprint density at radius 1 is 1.69 bits per heavy atom. The standard InChI is InChI=1S/C7H12N4O5/c8-6(10-11(15)16)3-1-2-5(7(13)14)9-4-12/h4-5H,1-3H2,(H2,8,10)(H,9,12)(H,13,14). The molecule has 0 saturated carbocycles. The third-order valence-electron chi connectivity index (χ3n) is 1.70. The average molecular weight is 232 g/mol. The van der Waals surface area contributed by atoms with Gasteiger partial charge in [-0.25, -0.2) is 14.9 Å². The summed E-state index contributed by atoms with van der Waals surface area (Å²) in [7, 11) is 0. The summed E-state index contributed by atoms with van der Waals surface area (Å²) in [5, 5.41) is 22.5. The van der Waals surface area contributed by atoms with Crippen LogP contribution in [0, 0.1) is 10.1 Å².